The molecule has 0 N–H and O–H groups in total. The van der Waals surface area contributed by atoms with Crippen molar-refractivity contribution in [3.8, 4) is 0 Å². The molecule has 0 aromatic heterocycles. The molecular formula is C8H14BF3KN. The second kappa shape index (κ2) is 6.06. The van der Waals surface area contributed by atoms with E-state index in [1.807, 2.05) is 11.8 Å². The molecule has 1 aliphatic heterocycles. The van der Waals surface area contributed by atoms with Gasteiger partial charge in [-0.2, -0.15) is 0 Å². The molecule has 1 unspecified atom stereocenters. The van der Waals surface area contributed by atoms with E-state index in [-0.39, 0.29) is 64.0 Å². The SMILES string of the molecule is C=C(CN1CCCC1C)[B-](F)(F)F.[K+]. The van der Waals surface area contributed by atoms with E-state index in [0.717, 1.165) is 19.4 Å². The summed E-state index contributed by atoms with van der Waals surface area (Å²) in [6, 6.07) is 0.273. The van der Waals surface area contributed by atoms with Gasteiger partial charge < -0.3 is 12.9 Å². The number of halogens is 3. The maximum absolute atomic E-state index is 12.2. The van der Waals surface area contributed by atoms with Gasteiger partial charge in [0.25, 0.3) is 0 Å². The predicted molar refractivity (Wildman–Crippen MR) is 48.5 cm³/mol. The van der Waals surface area contributed by atoms with Gasteiger partial charge in [0, 0.05) is 6.04 Å². The Kier molecular flexibility index (Phi) is 6.57. The van der Waals surface area contributed by atoms with Gasteiger partial charge in [-0.25, -0.2) is 0 Å². The standard InChI is InChI=1S/C8H14BF3N.K/c1-7(9(10,11)12)6-13-5-3-4-8(13)2;/h8H,1,3-6H2,2H3;/q-1;+1. The third kappa shape index (κ3) is 4.37. The molecule has 6 heteroatoms. The molecular weight excluding hydrogens is 217 g/mol. The molecule has 0 radical (unpaired) electrons. The molecule has 14 heavy (non-hydrogen) atoms. The van der Waals surface area contributed by atoms with Crippen molar-refractivity contribution in [2.75, 3.05) is 13.1 Å². The summed E-state index contributed by atoms with van der Waals surface area (Å²) in [4.78, 5) is 1.84. The van der Waals surface area contributed by atoms with Gasteiger partial charge in [0.2, 0.25) is 0 Å². The van der Waals surface area contributed by atoms with Gasteiger partial charge >= 0.3 is 58.4 Å². The monoisotopic (exact) mass is 231 g/mol. The Bertz CT molecular complexity index is 207. The summed E-state index contributed by atoms with van der Waals surface area (Å²) in [5.74, 6) is 0. The molecule has 0 bridgehead atoms. The fourth-order valence-corrected chi connectivity index (χ4v) is 1.59. The van der Waals surface area contributed by atoms with E-state index in [1.165, 1.54) is 0 Å². The first-order valence-electron chi connectivity index (χ1n) is 4.53. The maximum Gasteiger partial charge on any atom is 1.00 e. The van der Waals surface area contributed by atoms with E-state index in [4.69, 9.17) is 0 Å². The van der Waals surface area contributed by atoms with E-state index in [1.54, 1.807) is 0 Å². The van der Waals surface area contributed by atoms with Crippen molar-refractivity contribution in [3.63, 3.8) is 0 Å². The van der Waals surface area contributed by atoms with Crippen LogP contribution < -0.4 is 51.4 Å². The number of hydrogen-bond acceptors (Lipinski definition) is 1. The molecule has 0 saturated carbocycles. The second-order valence-electron chi connectivity index (χ2n) is 3.69. The van der Waals surface area contributed by atoms with Gasteiger partial charge in [-0.3, -0.25) is 4.90 Å². The number of likely N-dealkylation sites (tertiary alicyclic amines) is 1. The van der Waals surface area contributed by atoms with E-state index < -0.39 is 12.4 Å². The molecule has 1 aliphatic rings. The average molecular weight is 231 g/mol. The predicted octanol–water partition coefficient (Wildman–Crippen LogP) is -0.582. The first-order chi connectivity index (χ1) is 5.91. The molecule has 76 valence electrons. The van der Waals surface area contributed by atoms with Crippen molar-refractivity contribution < 1.29 is 64.3 Å². The van der Waals surface area contributed by atoms with Crippen LogP contribution in [0.5, 0.6) is 0 Å². The molecule has 0 aliphatic carbocycles. The molecule has 1 atom stereocenters. The van der Waals surface area contributed by atoms with Crippen LogP contribution in [-0.4, -0.2) is 31.0 Å². The molecule has 1 heterocycles. The van der Waals surface area contributed by atoms with Gasteiger partial charge in [0.1, 0.15) is 0 Å². The Hall–Kier alpha value is 1.19. The smallest absolute Gasteiger partial charge is 0.445 e. The zero-order valence-electron chi connectivity index (χ0n) is 8.77. The van der Waals surface area contributed by atoms with Gasteiger partial charge in [0.05, 0.1) is 0 Å². The van der Waals surface area contributed by atoms with Crippen LogP contribution in [0, 0.1) is 0 Å². The van der Waals surface area contributed by atoms with Crippen molar-refractivity contribution in [1.29, 1.82) is 0 Å². The molecule has 1 saturated heterocycles. The van der Waals surface area contributed by atoms with Gasteiger partial charge in [-0.1, -0.05) is 0 Å². The fraction of sp³-hybridized carbons (Fsp3) is 0.750. The van der Waals surface area contributed by atoms with Crippen LogP contribution in [0.15, 0.2) is 12.1 Å². The number of rotatable bonds is 3. The minimum absolute atomic E-state index is 0. The van der Waals surface area contributed by atoms with Crippen LogP contribution in [-0.2, 0) is 0 Å². The summed E-state index contributed by atoms with van der Waals surface area (Å²) in [5, 5.41) is 0. The van der Waals surface area contributed by atoms with Crippen LogP contribution >= 0.6 is 0 Å². The third-order valence-electron chi connectivity index (χ3n) is 2.56. The summed E-state index contributed by atoms with van der Waals surface area (Å²) in [6.07, 6.45) is 2.00. The molecule has 1 rings (SSSR count). The molecule has 0 amide bonds. The zero-order chi connectivity index (χ0) is 10.1. The summed E-state index contributed by atoms with van der Waals surface area (Å²) < 4.78 is 36.5. The first kappa shape index (κ1) is 15.2. The zero-order valence-corrected chi connectivity index (χ0v) is 11.9. The summed E-state index contributed by atoms with van der Waals surface area (Å²) in [5.41, 5.74) is -0.575. The van der Waals surface area contributed by atoms with Gasteiger partial charge in [-0.05, 0) is 32.9 Å². The van der Waals surface area contributed by atoms with Crippen molar-refractivity contribution >= 4 is 6.98 Å². The van der Waals surface area contributed by atoms with Crippen LogP contribution in [0.4, 0.5) is 12.9 Å². The van der Waals surface area contributed by atoms with Crippen molar-refractivity contribution in [1.82, 2.24) is 4.90 Å². The molecule has 0 spiro atoms. The largest absolute Gasteiger partial charge is 1.00 e. The Balaban J connectivity index is 0.00000169. The van der Waals surface area contributed by atoms with E-state index in [0.29, 0.717) is 0 Å². The summed E-state index contributed by atoms with van der Waals surface area (Å²) >= 11 is 0. The maximum atomic E-state index is 12.2. The van der Waals surface area contributed by atoms with Crippen LogP contribution in [0.1, 0.15) is 19.8 Å². The summed E-state index contributed by atoms with van der Waals surface area (Å²) in [7, 11) is 0. The molecule has 1 nitrogen and oxygen atoms in total. The van der Waals surface area contributed by atoms with Crippen molar-refractivity contribution in [2.45, 2.75) is 25.8 Å². The molecule has 0 aromatic rings. The average Bonchev–Trinajstić information content (AvgIpc) is 2.34. The van der Waals surface area contributed by atoms with Crippen LogP contribution in [0.25, 0.3) is 0 Å². The van der Waals surface area contributed by atoms with E-state index in [2.05, 4.69) is 6.58 Å². The Morgan fingerprint density at radius 2 is 2.07 bits per heavy atom. The minimum Gasteiger partial charge on any atom is -0.445 e. The molecule has 1 fully saturated rings. The Labute approximate surface area is 126 Å². The Morgan fingerprint density at radius 1 is 1.50 bits per heavy atom. The van der Waals surface area contributed by atoms with Gasteiger partial charge in [-0.15, -0.1) is 12.1 Å². The Morgan fingerprint density at radius 3 is 2.43 bits per heavy atom. The van der Waals surface area contributed by atoms with E-state index in [9.17, 15) is 12.9 Å². The number of hydrogen-bond donors (Lipinski definition) is 0. The van der Waals surface area contributed by atoms with Crippen LogP contribution in [0.3, 0.4) is 0 Å². The fourth-order valence-electron chi connectivity index (χ4n) is 1.59. The topological polar surface area (TPSA) is 3.24 Å². The quantitative estimate of drug-likeness (QED) is 0.587. The third-order valence-corrected chi connectivity index (χ3v) is 2.56. The minimum atomic E-state index is -4.85. The molecule has 0 aromatic carbocycles. The van der Waals surface area contributed by atoms with Crippen molar-refractivity contribution in [3.05, 3.63) is 12.1 Å². The second-order valence-corrected chi connectivity index (χ2v) is 3.69. The summed E-state index contributed by atoms with van der Waals surface area (Å²) in [6.45, 7) is 0.962. The van der Waals surface area contributed by atoms with E-state index >= 15 is 0 Å². The first-order valence-corrected chi connectivity index (χ1v) is 4.53. The van der Waals surface area contributed by atoms with Gasteiger partial charge in [0.15, 0.2) is 0 Å². The van der Waals surface area contributed by atoms with Crippen LogP contribution in [0.2, 0.25) is 0 Å². The van der Waals surface area contributed by atoms with Crippen molar-refractivity contribution in [2.24, 2.45) is 0 Å². The number of nitrogens with zero attached hydrogens (tertiary/aromatic N) is 1. The normalized spacial score (nSPS) is 23.3.